The van der Waals surface area contributed by atoms with E-state index in [1.807, 2.05) is 0 Å². The number of amides is 1. The number of aromatic nitrogens is 2. The summed E-state index contributed by atoms with van der Waals surface area (Å²) >= 11 is 0. The number of pyridine rings is 1. The lowest BCUT2D eigenvalue weighted by Gasteiger charge is -2.31. The van der Waals surface area contributed by atoms with E-state index in [0.29, 0.717) is 23.0 Å². The average Bonchev–Trinajstić information content (AvgIpc) is 3.59. The van der Waals surface area contributed by atoms with Gasteiger partial charge in [0, 0.05) is 38.1 Å². The van der Waals surface area contributed by atoms with Gasteiger partial charge in [0.05, 0.1) is 31.3 Å². The number of para-hydroxylation sites is 1. The van der Waals surface area contributed by atoms with Crippen LogP contribution >= 0.6 is 0 Å². The Morgan fingerprint density at radius 3 is 2.24 bits per heavy atom. The first kappa shape index (κ1) is 34.4. The summed E-state index contributed by atoms with van der Waals surface area (Å²) in [5.74, 6) is -4.22. The van der Waals surface area contributed by atoms with E-state index in [4.69, 9.17) is 24.2 Å². The van der Waals surface area contributed by atoms with Crippen molar-refractivity contribution in [2.45, 2.75) is 37.8 Å². The first-order valence-corrected chi connectivity index (χ1v) is 13.9. The molecule has 17 heteroatoms. The minimum atomic E-state index is -5.08. The number of nitrogens with one attached hydrogen (secondary N) is 1. The SMILES string of the molecule is COc1c(C(=O)NC2CCN(CCO)CC2)n(C)c2c1c(=O)n(Cc1ccc(C(F)(F)F)o1)c1ccccc21.O=C(O)C(F)(F)F. The number of carboxylic acids is 1. The number of benzene rings is 1. The molecule has 1 fully saturated rings. The van der Waals surface area contributed by atoms with Crippen LogP contribution in [-0.4, -0.2) is 81.7 Å². The zero-order chi connectivity index (χ0) is 34.0. The normalized spacial score (nSPS) is 14.7. The van der Waals surface area contributed by atoms with Crippen LogP contribution in [-0.2, 0) is 24.6 Å². The summed E-state index contributed by atoms with van der Waals surface area (Å²) in [5.41, 5.74) is 0.633. The van der Waals surface area contributed by atoms with Gasteiger partial charge in [0.2, 0.25) is 5.76 Å². The van der Waals surface area contributed by atoms with Gasteiger partial charge in [0.1, 0.15) is 11.1 Å². The molecule has 0 radical (unpaired) electrons. The maximum atomic E-state index is 13.9. The van der Waals surface area contributed by atoms with Gasteiger partial charge >= 0.3 is 18.3 Å². The molecule has 5 rings (SSSR count). The third-order valence-electron chi connectivity index (χ3n) is 7.51. The number of piperidine rings is 1. The number of carboxylic acid groups (broad SMARTS) is 1. The molecule has 11 nitrogen and oxygen atoms in total. The standard InChI is InChI=1S/C27H29F3N4O5.C2HF3O2/c1-32-22-18-5-3-4-6-19(18)34(15-17-7-8-20(39-17)27(28,29)30)26(37)21(22)24(38-2)23(32)25(36)31-16-9-11-33(12-10-16)13-14-35;3-2(4,5)1(6)7/h3-8,16,35H,9-15H2,1-2H3,(H,31,36);(H,6,7). The molecule has 46 heavy (non-hydrogen) atoms. The molecule has 1 amide bonds. The van der Waals surface area contributed by atoms with Gasteiger partial charge in [0.25, 0.3) is 11.5 Å². The molecule has 0 saturated carbocycles. The van der Waals surface area contributed by atoms with E-state index in [1.54, 1.807) is 35.9 Å². The molecule has 1 aromatic carbocycles. The van der Waals surface area contributed by atoms with Crippen LogP contribution in [0.5, 0.6) is 5.75 Å². The largest absolute Gasteiger partial charge is 0.493 e. The average molecular weight is 661 g/mol. The number of aryl methyl sites for hydroxylation is 1. The number of likely N-dealkylation sites (tertiary alicyclic amines) is 1. The number of aliphatic hydroxyl groups excluding tert-OH is 1. The number of hydrogen-bond acceptors (Lipinski definition) is 7. The number of carbonyl (C=O) groups excluding carboxylic acids is 1. The molecular weight excluding hydrogens is 630 g/mol. The monoisotopic (exact) mass is 660 g/mol. The van der Waals surface area contributed by atoms with Gasteiger partial charge < -0.3 is 34.2 Å². The van der Waals surface area contributed by atoms with Crippen molar-refractivity contribution < 1.29 is 55.3 Å². The predicted octanol–water partition coefficient (Wildman–Crippen LogP) is 3.98. The maximum Gasteiger partial charge on any atom is 0.490 e. The topological polar surface area (TPSA) is 139 Å². The molecular formula is C29H30F6N4O7. The zero-order valence-corrected chi connectivity index (χ0v) is 24.5. The third kappa shape index (κ3) is 7.14. The van der Waals surface area contributed by atoms with Gasteiger partial charge in [0.15, 0.2) is 11.4 Å². The molecule has 4 heterocycles. The second-order valence-electron chi connectivity index (χ2n) is 10.5. The number of β-amino-alcohol motifs (C(OH)–C–C–N with tert-alkyl or cyclic N) is 1. The number of rotatable bonds is 7. The van der Waals surface area contributed by atoms with E-state index < -0.39 is 29.6 Å². The Balaban J connectivity index is 0.000000617. The molecule has 4 aromatic rings. The first-order chi connectivity index (χ1) is 21.6. The van der Waals surface area contributed by atoms with Crippen molar-refractivity contribution in [1.29, 1.82) is 0 Å². The summed E-state index contributed by atoms with van der Waals surface area (Å²) in [7, 11) is 3.06. The van der Waals surface area contributed by atoms with E-state index in [-0.39, 0.29) is 47.7 Å². The smallest absolute Gasteiger partial charge is 0.490 e. The number of halogens is 6. The zero-order valence-electron chi connectivity index (χ0n) is 24.5. The van der Waals surface area contributed by atoms with Gasteiger partial charge in [-0.1, -0.05) is 18.2 Å². The molecule has 0 bridgehead atoms. The maximum absolute atomic E-state index is 13.9. The molecule has 1 saturated heterocycles. The number of ether oxygens (including phenoxy) is 1. The molecule has 0 spiro atoms. The summed E-state index contributed by atoms with van der Waals surface area (Å²) in [5, 5.41) is 20.1. The summed E-state index contributed by atoms with van der Waals surface area (Å²) in [6.45, 7) is 1.93. The molecule has 0 unspecified atom stereocenters. The van der Waals surface area contributed by atoms with E-state index >= 15 is 0 Å². The highest BCUT2D eigenvalue weighted by atomic mass is 19.4. The Morgan fingerprint density at radius 1 is 1.07 bits per heavy atom. The van der Waals surface area contributed by atoms with Crippen LogP contribution in [0.25, 0.3) is 21.8 Å². The fraction of sp³-hybridized carbons (Fsp3) is 0.414. The van der Waals surface area contributed by atoms with Crippen molar-refractivity contribution in [3.63, 3.8) is 0 Å². The second kappa shape index (κ2) is 13.5. The summed E-state index contributed by atoms with van der Waals surface area (Å²) in [6.07, 6.45) is -8.29. The third-order valence-corrected chi connectivity index (χ3v) is 7.51. The number of aliphatic carboxylic acids is 1. The Kier molecular flexibility index (Phi) is 10.1. The summed E-state index contributed by atoms with van der Waals surface area (Å²) in [4.78, 5) is 38.4. The van der Waals surface area contributed by atoms with Crippen LogP contribution < -0.4 is 15.6 Å². The van der Waals surface area contributed by atoms with Gasteiger partial charge in [-0.05, 0) is 31.0 Å². The van der Waals surface area contributed by atoms with Crippen molar-refractivity contribution >= 4 is 33.7 Å². The van der Waals surface area contributed by atoms with Crippen LogP contribution in [0.15, 0.2) is 45.6 Å². The van der Waals surface area contributed by atoms with E-state index in [9.17, 15) is 35.9 Å². The molecule has 0 atom stereocenters. The Bertz CT molecular complexity index is 1780. The number of carbonyl (C=O) groups is 2. The molecule has 3 aromatic heterocycles. The minimum absolute atomic E-state index is 0.0330. The number of hydrogen-bond donors (Lipinski definition) is 3. The fourth-order valence-electron chi connectivity index (χ4n) is 5.40. The first-order valence-electron chi connectivity index (χ1n) is 13.9. The lowest BCUT2D eigenvalue weighted by Crippen LogP contribution is -2.45. The number of fused-ring (bicyclic) bond motifs is 3. The van der Waals surface area contributed by atoms with E-state index in [0.717, 1.165) is 32.0 Å². The highest BCUT2D eigenvalue weighted by molar-refractivity contribution is 6.12. The lowest BCUT2D eigenvalue weighted by molar-refractivity contribution is -0.192. The van der Waals surface area contributed by atoms with Crippen LogP contribution in [0, 0.1) is 0 Å². The van der Waals surface area contributed by atoms with Crippen molar-refractivity contribution in [2.24, 2.45) is 7.05 Å². The molecule has 250 valence electrons. The van der Waals surface area contributed by atoms with Crippen LogP contribution in [0.4, 0.5) is 26.3 Å². The van der Waals surface area contributed by atoms with Gasteiger partial charge in [-0.25, -0.2) is 4.79 Å². The lowest BCUT2D eigenvalue weighted by atomic mass is 10.0. The van der Waals surface area contributed by atoms with Crippen molar-refractivity contribution in [2.75, 3.05) is 33.4 Å². The van der Waals surface area contributed by atoms with E-state index in [1.165, 1.54) is 17.7 Å². The molecule has 3 N–H and O–H groups in total. The van der Waals surface area contributed by atoms with Gasteiger partial charge in [-0.15, -0.1) is 0 Å². The number of nitrogens with zero attached hydrogens (tertiary/aromatic N) is 3. The Hall–Kier alpha value is -4.51. The fourth-order valence-corrected chi connectivity index (χ4v) is 5.40. The highest BCUT2D eigenvalue weighted by Gasteiger charge is 2.38. The van der Waals surface area contributed by atoms with Crippen LogP contribution in [0.3, 0.4) is 0 Å². The number of furan rings is 1. The predicted molar refractivity (Wildman–Crippen MR) is 152 cm³/mol. The molecule has 1 aliphatic heterocycles. The second-order valence-corrected chi connectivity index (χ2v) is 10.5. The Labute approximate surface area is 256 Å². The quantitative estimate of drug-likeness (QED) is 0.253. The van der Waals surface area contributed by atoms with Crippen molar-refractivity contribution in [3.05, 3.63) is 64.0 Å². The summed E-state index contributed by atoms with van der Waals surface area (Å²) < 4.78 is 84.6. The molecule has 0 aliphatic carbocycles. The van der Waals surface area contributed by atoms with Crippen LogP contribution in [0.2, 0.25) is 0 Å². The van der Waals surface area contributed by atoms with E-state index in [2.05, 4.69) is 10.2 Å². The Morgan fingerprint density at radius 2 is 1.70 bits per heavy atom. The van der Waals surface area contributed by atoms with Crippen LogP contribution in [0.1, 0.15) is 34.9 Å². The van der Waals surface area contributed by atoms with Crippen molar-refractivity contribution in [1.82, 2.24) is 19.4 Å². The van der Waals surface area contributed by atoms with Gasteiger partial charge in [-0.3, -0.25) is 14.2 Å². The van der Waals surface area contributed by atoms with Crippen molar-refractivity contribution in [3.8, 4) is 5.75 Å². The minimum Gasteiger partial charge on any atom is -0.493 e. The van der Waals surface area contributed by atoms with Gasteiger partial charge in [-0.2, -0.15) is 26.3 Å². The highest BCUT2D eigenvalue weighted by Crippen LogP contribution is 2.35. The summed E-state index contributed by atoms with van der Waals surface area (Å²) in [6, 6.07) is 8.94. The number of methoxy groups -OCH3 is 1. The molecule has 1 aliphatic rings. The number of alkyl halides is 6. The number of aliphatic hydroxyl groups is 1.